The molecule has 0 fully saturated rings. The Balaban J connectivity index is 2.17. The highest BCUT2D eigenvalue weighted by molar-refractivity contribution is 7.98. The number of ether oxygens (including phenoxy) is 1. The molecule has 2 unspecified atom stereocenters. The quantitative estimate of drug-likeness (QED) is 0.860. The van der Waals surface area contributed by atoms with Crippen molar-refractivity contribution >= 4 is 17.7 Å². The van der Waals surface area contributed by atoms with Crippen LogP contribution in [0.15, 0.2) is 24.3 Å². The van der Waals surface area contributed by atoms with Crippen LogP contribution in [-0.2, 0) is 15.3 Å². The molecule has 0 amide bonds. The first-order valence-corrected chi connectivity index (χ1v) is 7.78. The number of rotatable bonds is 4. The Bertz CT molecular complexity index is 448. The number of carbonyl (C=O) groups is 1. The van der Waals surface area contributed by atoms with Crippen LogP contribution in [-0.4, -0.2) is 24.9 Å². The summed E-state index contributed by atoms with van der Waals surface area (Å²) in [6, 6.07) is 8.43. The van der Waals surface area contributed by atoms with E-state index in [4.69, 9.17) is 4.74 Å². The maximum atomic E-state index is 11.8. The van der Waals surface area contributed by atoms with Gasteiger partial charge in [0, 0.05) is 17.5 Å². The van der Waals surface area contributed by atoms with Gasteiger partial charge in [-0.1, -0.05) is 38.1 Å². The molecule has 0 saturated carbocycles. The van der Waals surface area contributed by atoms with E-state index < -0.39 is 0 Å². The Hall–Kier alpha value is -1.00. The largest absolute Gasteiger partial charge is 0.468 e. The predicted molar refractivity (Wildman–Crippen MR) is 79.1 cm³/mol. The van der Waals surface area contributed by atoms with Crippen molar-refractivity contribution in [2.45, 2.75) is 31.7 Å². The van der Waals surface area contributed by atoms with Crippen molar-refractivity contribution in [2.24, 2.45) is 5.92 Å². The molecule has 3 nitrogen and oxygen atoms in total. The Morgan fingerprint density at radius 3 is 2.84 bits per heavy atom. The number of carbonyl (C=O) groups excluding carboxylic acids is 1. The molecule has 2 atom stereocenters. The number of fused-ring (bicyclic) bond motifs is 1. The second kappa shape index (κ2) is 6.44. The first kappa shape index (κ1) is 14.4. The topological polar surface area (TPSA) is 38.3 Å². The fraction of sp³-hybridized carbons (Fsp3) is 0.533. The van der Waals surface area contributed by atoms with Gasteiger partial charge in [0.25, 0.3) is 0 Å². The number of hydrogen-bond acceptors (Lipinski definition) is 4. The average molecular weight is 279 g/mol. The molecule has 1 N–H and O–H groups in total. The van der Waals surface area contributed by atoms with E-state index in [1.807, 2.05) is 25.6 Å². The molecule has 0 bridgehead atoms. The van der Waals surface area contributed by atoms with Gasteiger partial charge in [0.05, 0.1) is 7.11 Å². The summed E-state index contributed by atoms with van der Waals surface area (Å²) in [7, 11) is 1.45. The van der Waals surface area contributed by atoms with E-state index in [1.54, 1.807) is 0 Å². The summed E-state index contributed by atoms with van der Waals surface area (Å²) in [4.78, 5) is 11.8. The first-order valence-electron chi connectivity index (χ1n) is 6.63. The van der Waals surface area contributed by atoms with E-state index in [1.165, 1.54) is 18.2 Å². The fourth-order valence-corrected chi connectivity index (χ4v) is 3.51. The van der Waals surface area contributed by atoms with E-state index in [-0.39, 0.29) is 24.0 Å². The lowest BCUT2D eigenvalue weighted by Gasteiger charge is -2.30. The Morgan fingerprint density at radius 1 is 1.42 bits per heavy atom. The lowest BCUT2D eigenvalue weighted by Crippen LogP contribution is -2.45. The minimum Gasteiger partial charge on any atom is -0.468 e. The molecule has 1 heterocycles. The zero-order valence-electron chi connectivity index (χ0n) is 11.7. The number of methoxy groups -OCH3 is 1. The van der Waals surface area contributed by atoms with Crippen LogP contribution in [0.5, 0.6) is 0 Å². The summed E-state index contributed by atoms with van der Waals surface area (Å²) >= 11 is 1.90. The van der Waals surface area contributed by atoms with Gasteiger partial charge in [0.1, 0.15) is 6.04 Å². The first-order chi connectivity index (χ1) is 9.13. The highest BCUT2D eigenvalue weighted by Gasteiger charge is 2.28. The van der Waals surface area contributed by atoms with Crippen molar-refractivity contribution in [2.75, 3.05) is 12.9 Å². The van der Waals surface area contributed by atoms with Crippen LogP contribution in [0.25, 0.3) is 0 Å². The van der Waals surface area contributed by atoms with E-state index in [2.05, 4.69) is 29.6 Å². The van der Waals surface area contributed by atoms with Gasteiger partial charge in [-0.05, 0) is 17.0 Å². The van der Waals surface area contributed by atoms with Crippen molar-refractivity contribution in [1.29, 1.82) is 0 Å². The van der Waals surface area contributed by atoms with E-state index >= 15 is 0 Å². The minimum atomic E-state index is -0.248. The van der Waals surface area contributed by atoms with Crippen LogP contribution in [0.2, 0.25) is 0 Å². The van der Waals surface area contributed by atoms with Crippen molar-refractivity contribution in [3.63, 3.8) is 0 Å². The minimum absolute atomic E-state index is 0.178. The van der Waals surface area contributed by atoms with Crippen molar-refractivity contribution in [3.05, 3.63) is 35.4 Å². The summed E-state index contributed by atoms with van der Waals surface area (Å²) in [5, 5.41) is 3.47. The number of nitrogens with one attached hydrogen (secondary N) is 1. The Morgan fingerprint density at radius 2 is 2.16 bits per heavy atom. The van der Waals surface area contributed by atoms with Crippen molar-refractivity contribution in [3.8, 4) is 0 Å². The molecular formula is C15H21NO2S. The predicted octanol–water partition coefficient (Wildman–Crippen LogP) is 2.76. The number of thioether (sulfide) groups is 1. The second-order valence-corrected chi connectivity index (χ2v) is 6.21. The van der Waals surface area contributed by atoms with Gasteiger partial charge < -0.3 is 4.74 Å². The summed E-state index contributed by atoms with van der Waals surface area (Å²) in [5.41, 5.74) is 2.68. The fourth-order valence-electron chi connectivity index (χ4n) is 2.40. The molecule has 0 saturated heterocycles. The van der Waals surface area contributed by atoms with E-state index in [0.717, 1.165) is 11.5 Å². The summed E-state index contributed by atoms with van der Waals surface area (Å²) in [6.45, 7) is 4.08. The third-order valence-corrected chi connectivity index (χ3v) is 4.56. The molecule has 4 heteroatoms. The lowest BCUT2D eigenvalue weighted by molar-refractivity contribution is -0.144. The van der Waals surface area contributed by atoms with Gasteiger partial charge in [-0.3, -0.25) is 10.1 Å². The van der Waals surface area contributed by atoms with E-state index in [0.29, 0.717) is 0 Å². The zero-order valence-corrected chi connectivity index (χ0v) is 12.5. The number of hydrogen-bond donors (Lipinski definition) is 1. The van der Waals surface area contributed by atoms with Gasteiger partial charge in [-0.25, -0.2) is 0 Å². The van der Waals surface area contributed by atoms with Gasteiger partial charge in [-0.2, -0.15) is 11.8 Å². The molecule has 2 rings (SSSR count). The summed E-state index contributed by atoms with van der Waals surface area (Å²) in [6.07, 6.45) is 0. The van der Waals surface area contributed by atoms with Gasteiger partial charge in [0.15, 0.2) is 0 Å². The molecule has 1 aliphatic heterocycles. The molecule has 104 valence electrons. The third-order valence-electron chi connectivity index (χ3n) is 3.48. The monoisotopic (exact) mass is 279 g/mol. The molecule has 0 aliphatic carbocycles. The maximum absolute atomic E-state index is 11.8. The van der Waals surface area contributed by atoms with Gasteiger partial charge >= 0.3 is 5.97 Å². The molecule has 0 radical (unpaired) electrons. The molecule has 0 aromatic heterocycles. The number of esters is 1. The van der Waals surface area contributed by atoms with Crippen LogP contribution in [0.3, 0.4) is 0 Å². The van der Waals surface area contributed by atoms with Crippen LogP contribution in [0.1, 0.15) is 31.0 Å². The summed E-state index contributed by atoms with van der Waals surface area (Å²) in [5.74, 6) is 2.09. The van der Waals surface area contributed by atoms with E-state index in [9.17, 15) is 4.79 Å². The SMILES string of the molecule is COC(=O)C(NC1CSCc2ccccc21)C(C)C. The second-order valence-electron chi connectivity index (χ2n) is 5.18. The van der Waals surface area contributed by atoms with Crippen molar-refractivity contribution in [1.82, 2.24) is 5.32 Å². The molecule has 1 aromatic carbocycles. The average Bonchev–Trinajstić information content (AvgIpc) is 2.43. The highest BCUT2D eigenvalue weighted by Crippen LogP contribution is 2.32. The Labute approximate surface area is 119 Å². The summed E-state index contributed by atoms with van der Waals surface area (Å²) < 4.78 is 4.89. The highest BCUT2D eigenvalue weighted by atomic mass is 32.2. The standard InChI is InChI=1S/C15H21NO2S/c1-10(2)14(15(17)18-3)16-13-9-19-8-11-6-4-5-7-12(11)13/h4-7,10,13-14,16H,8-9H2,1-3H3. The smallest absolute Gasteiger partial charge is 0.323 e. The Kier molecular flexibility index (Phi) is 4.88. The number of benzene rings is 1. The molecule has 0 spiro atoms. The van der Waals surface area contributed by atoms with Gasteiger partial charge in [0.2, 0.25) is 0 Å². The zero-order chi connectivity index (χ0) is 13.8. The van der Waals surface area contributed by atoms with Gasteiger partial charge in [-0.15, -0.1) is 0 Å². The molecule has 19 heavy (non-hydrogen) atoms. The molecule has 1 aromatic rings. The van der Waals surface area contributed by atoms with Crippen LogP contribution in [0, 0.1) is 5.92 Å². The normalized spacial score (nSPS) is 19.9. The van der Waals surface area contributed by atoms with Crippen LogP contribution >= 0.6 is 11.8 Å². The molecule has 1 aliphatic rings. The van der Waals surface area contributed by atoms with Crippen LogP contribution < -0.4 is 5.32 Å². The van der Waals surface area contributed by atoms with Crippen molar-refractivity contribution < 1.29 is 9.53 Å². The maximum Gasteiger partial charge on any atom is 0.323 e. The van der Waals surface area contributed by atoms with Crippen LogP contribution in [0.4, 0.5) is 0 Å². The third kappa shape index (κ3) is 3.31. The lowest BCUT2D eigenvalue weighted by atomic mass is 9.98. The molecular weight excluding hydrogens is 258 g/mol.